The van der Waals surface area contributed by atoms with Gasteiger partial charge in [0.05, 0.1) is 5.69 Å². The summed E-state index contributed by atoms with van der Waals surface area (Å²) in [6, 6.07) is 11.8. The monoisotopic (exact) mass is 296 g/mol. The summed E-state index contributed by atoms with van der Waals surface area (Å²) in [4.78, 5) is 8.85. The average molecular weight is 296 g/mol. The minimum absolute atomic E-state index is 0.148. The molecule has 0 bridgehead atoms. The predicted octanol–water partition coefficient (Wildman–Crippen LogP) is 1.67. The normalized spacial score (nSPS) is 12.6. The van der Waals surface area contributed by atoms with Gasteiger partial charge < -0.3 is 14.8 Å². The summed E-state index contributed by atoms with van der Waals surface area (Å²) in [7, 11) is 0. The number of fused-ring (bicyclic) bond motifs is 1. The van der Waals surface area contributed by atoms with Crippen LogP contribution in [0.4, 0.5) is 0 Å². The fourth-order valence-corrected chi connectivity index (χ4v) is 2.49. The number of nitrogens with zero attached hydrogens (tertiary/aromatic N) is 3. The van der Waals surface area contributed by atoms with E-state index in [2.05, 4.69) is 15.3 Å². The molecule has 0 aliphatic rings. The van der Waals surface area contributed by atoms with E-state index in [0.717, 1.165) is 30.0 Å². The summed E-state index contributed by atoms with van der Waals surface area (Å²) < 4.78 is 2.01. The number of hydrogen-bond acceptors (Lipinski definition) is 4. The Balaban J connectivity index is 1.52. The maximum atomic E-state index is 9.51. The number of nitrogens with one attached hydrogen (secondary N) is 1. The third kappa shape index (κ3) is 3.69. The third-order valence-corrected chi connectivity index (χ3v) is 3.64. The van der Waals surface area contributed by atoms with Crippen LogP contribution >= 0.6 is 0 Å². The van der Waals surface area contributed by atoms with Crippen molar-refractivity contribution in [1.29, 1.82) is 0 Å². The van der Waals surface area contributed by atoms with E-state index in [0.29, 0.717) is 6.54 Å². The Kier molecular flexibility index (Phi) is 4.78. The third-order valence-electron chi connectivity index (χ3n) is 3.64. The van der Waals surface area contributed by atoms with Gasteiger partial charge in [0.2, 0.25) is 0 Å². The Morgan fingerprint density at radius 3 is 2.82 bits per heavy atom. The summed E-state index contributed by atoms with van der Waals surface area (Å²) in [5.41, 5.74) is 2.96. The zero-order valence-electron chi connectivity index (χ0n) is 12.4. The van der Waals surface area contributed by atoms with Crippen molar-refractivity contribution in [3.05, 3.63) is 66.4 Å². The highest BCUT2D eigenvalue weighted by Crippen LogP contribution is 2.07. The Bertz CT molecular complexity index is 678. The van der Waals surface area contributed by atoms with Gasteiger partial charge >= 0.3 is 0 Å². The van der Waals surface area contributed by atoms with Crippen LogP contribution < -0.4 is 5.32 Å². The van der Waals surface area contributed by atoms with E-state index in [1.807, 2.05) is 53.2 Å². The van der Waals surface area contributed by atoms with E-state index in [1.165, 1.54) is 0 Å². The Morgan fingerprint density at radius 1 is 1.14 bits per heavy atom. The molecule has 5 nitrogen and oxygen atoms in total. The second-order valence-electron chi connectivity index (χ2n) is 5.40. The van der Waals surface area contributed by atoms with E-state index in [4.69, 9.17) is 0 Å². The molecule has 0 aromatic carbocycles. The van der Waals surface area contributed by atoms with E-state index in [9.17, 15) is 5.11 Å². The molecule has 0 radical (unpaired) electrons. The van der Waals surface area contributed by atoms with Crippen molar-refractivity contribution >= 4 is 5.65 Å². The van der Waals surface area contributed by atoms with Gasteiger partial charge in [0.25, 0.3) is 0 Å². The van der Waals surface area contributed by atoms with Crippen molar-refractivity contribution in [3.8, 4) is 0 Å². The summed E-state index contributed by atoms with van der Waals surface area (Å²) >= 11 is 0. The van der Waals surface area contributed by atoms with Gasteiger partial charge in [0, 0.05) is 44.0 Å². The quantitative estimate of drug-likeness (QED) is 0.696. The Labute approximate surface area is 129 Å². The molecule has 0 saturated heterocycles. The van der Waals surface area contributed by atoms with Crippen LogP contribution in [0, 0.1) is 5.92 Å². The molecule has 3 heterocycles. The first-order valence-electron chi connectivity index (χ1n) is 7.49. The number of pyridine rings is 2. The molecule has 22 heavy (non-hydrogen) atoms. The van der Waals surface area contributed by atoms with Crippen LogP contribution in [0.15, 0.2) is 55.0 Å². The van der Waals surface area contributed by atoms with E-state index >= 15 is 0 Å². The zero-order valence-corrected chi connectivity index (χ0v) is 12.4. The van der Waals surface area contributed by atoms with Crippen LogP contribution in [-0.4, -0.2) is 32.6 Å². The van der Waals surface area contributed by atoms with Gasteiger partial charge in [0.15, 0.2) is 0 Å². The van der Waals surface area contributed by atoms with Crippen molar-refractivity contribution in [2.24, 2.45) is 5.92 Å². The van der Waals surface area contributed by atoms with Crippen molar-refractivity contribution in [3.63, 3.8) is 0 Å². The SMILES string of the molecule is OCC(CNCc1cn2ccccc2n1)Cc1ccccn1. The number of aromatic nitrogens is 3. The molecule has 114 valence electrons. The summed E-state index contributed by atoms with van der Waals surface area (Å²) in [6.07, 6.45) is 6.57. The number of imidazole rings is 1. The van der Waals surface area contributed by atoms with Gasteiger partial charge in [-0.25, -0.2) is 4.98 Å². The smallest absolute Gasteiger partial charge is 0.137 e. The molecule has 1 unspecified atom stereocenters. The van der Waals surface area contributed by atoms with Crippen molar-refractivity contribution in [1.82, 2.24) is 19.7 Å². The van der Waals surface area contributed by atoms with Gasteiger partial charge in [-0.15, -0.1) is 0 Å². The highest BCUT2D eigenvalue weighted by atomic mass is 16.3. The minimum Gasteiger partial charge on any atom is -0.396 e. The van der Waals surface area contributed by atoms with Gasteiger partial charge in [0.1, 0.15) is 5.65 Å². The first-order chi connectivity index (χ1) is 10.8. The molecular weight excluding hydrogens is 276 g/mol. The van der Waals surface area contributed by atoms with Gasteiger partial charge in [-0.2, -0.15) is 0 Å². The van der Waals surface area contributed by atoms with Crippen molar-refractivity contribution in [2.45, 2.75) is 13.0 Å². The van der Waals surface area contributed by atoms with Gasteiger partial charge in [-0.3, -0.25) is 4.98 Å². The average Bonchev–Trinajstić information content (AvgIpc) is 2.97. The maximum Gasteiger partial charge on any atom is 0.137 e. The number of aliphatic hydroxyl groups excluding tert-OH is 1. The Hall–Kier alpha value is -2.24. The molecule has 0 aliphatic carbocycles. The van der Waals surface area contributed by atoms with Crippen LogP contribution in [0.3, 0.4) is 0 Å². The molecule has 0 saturated carbocycles. The van der Waals surface area contributed by atoms with Crippen LogP contribution in [0.25, 0.3) is 5.65 Å². The molecule has 3 aromatic heterocycles. The van der Waals surface area contributed by atoms with Crippen molar-refractivity contribution < 1.29 is 5.11 Å². The summed E-state index contributed by atoms with van der Waals surface area (Å²) in [6.45, 7) is 1.58. The van der Waals surface area contributed by atoms with E-state index in [-0.39, 0.29) is 12.5 Å². The van der Waals surface area contributed by atoms with E-state index in [1.54, 1.807) is 6.20 Å². The molecule has 5 heteroatoms. The lowest BCUT2D eigenvalue weighted by Gasteiger charge is -2.14. The minimum atomic E-state index is 0.148. The molecule has 3 rings (SSSR count). The largest absolute Gasteiger partial charge is 0.396 e. The van der Waals surface area contributed by atoms with Crippen LogP contribution in [0.1, 0.15) is 11.4 Å². The zero-order chi connectivity index (χ0) is 15.2. The van der Waals surface area contributed by atoms with Crippen LogP contribution in [0.5, 0.6) is 0 Å². The first-order valence-corrected chi connectivity index (χ1v) is 7.49. The van der Waals surface area contributed by atoms with Gasteiger partial charge in [-0.05, 0) is 36.6 Å². The summed E-state index contributed by atoms with van der Waals surface area (Å²) in [5, 5.41) is 12.9. The standard InChI is InChI=1S/C17H20N4O/c22-13-14(9-15-5-1-3-7-19-15)10-18-11-16-12-21-8-4-2-6-17(21)20-16/h1-8,12,14,18,22H,9-11,13H2. The lowest BCUT2D eigenvalue weighted by Crippen LogP contribution is -2.26. The van der Waals surface area contributed by atoms with Crippen LogP contribution in [0.2, 0.25) is 0 Å². The van der Waals surface area contributed by atoms with Gasteiger partial charge in [-0.1, -0.05) is 12.1 Å². The molecular formula is C17H20N4O. The molecule has 3 aromatic rings. The maximum absolute atomic E-state index is 9.51. The Morgan fingerprint density at radius 2 is 2.05 bits per heavy atom. The highest BCUT2D eigenvalue weighted by Gasteiger charge is 2.09. The molecule has 0 aliphatic heterocycles. The first kappa shape index (κ1) is 14.7. The lowest BCUT2D eigenvalue weighted by atomic mass is 10.0. The van der Waals surface area contributed by atoms with Crippen LogP contribution in [-0.2, 0) is 13.0 Å². The molecule has 1 atom stereocenters. The van der Waals surface area contributed by atoms with Crippen molar-refractivity contribution in [2.75, 3.05) is 13.2 Å². The molecule has 0 spiro atoms. The van der Waals surface area contributed by atoms with E-state index < -0.39 is 0 Å². The topological polar surface area (TPSA) is 62.5 Å². The molecule has 0 amide bonds. The predicted molar refractivity (Wildman–Crippen MR) is 85.4 cm³/mol. The number of rotatable bonds is 7. The second-order valence-corrected chi connectivity index (χ2v) is 5.40. The number of hydrogen-bond donors (Lipinski definition) is 2. The second kappa shape index (κ2) is 7.15. The fourth-order valence-electron chi connectivity index (χ4n) is 2.49. The number of aliphatic hydroxyl groups is 1. The fraction of sp³-hybridized carbons (Fsp3) is 0.294. The lowest BCUT2D eigenvalue weighted by molar-refractivity contribution is 0.220. The molecule has 2 N–H and O–H groups in total. The molecule has 0 fully saturated rings. The highest BCUT2D eigenvalue weighted by molar-refractivity contribution is 5.39. The summed E-state index contributed by atoms with van der Waals surface area (Å²) in [5.74, 6) is 0.159.